The Morgan fingerprint density at radius 2 is 1.95 bits per heavy atom. The van der Waals surface area contributed by atoms with Gasteiger partial charge in [-0.25, -0.2) is 16.8 Å². The standard InChI is InChI=1S/C10H14ClNO4S3/c1-8-10(6-9(7-11)17-8)19(15,16)12-2-4-18(13,14)5-3-12/h6H,2-5,7H2,1H3. The van der Waals surface area contributed by atoms with Crippen LogP contribution in [0, 0.1) is 6.92 Å². The zero-order valence-electron chi connectivity index (χ0n) is 10.3. The molecule has 0 atom stereocenters. The zero-order chi connectivity index (χ0) is 14.3. The molecule has 0 N–H and O–H groups in total. The van der Waals surface area contributed by atoms with Crippen LogP contribution in [0.2, 0.25) is 0 Å². The van der Waals surface area contributed by atoms with Crippen molar-refractivity contribution in [1.29, 1.82) is 0 Å². The summed E-state index contributed by atoms with van der Waals surface area (Å²) in [7, 11) is -6.70. The summed E-state index contributed by atoms with van der Waals surface area (Å²) < 4.78 is 48.8. The van der Waals surface area contributed by atoms with Gasteiger partial charge in [0.25, 0.3) is 0 Å². The van der Waals surface area contributed by atoms with Crippen molar-refractivity contribution in [2.45, 2.75) is 17.7 Å². The minimum absolute atomic E-state index is 0.0240. The third kappa shape index (κ3) is 3.13. The number of alkyl halides is 1. The van der Waals surface area contributed by atoms with E-state index in [2.05, 4.69) is 0 Å². The molecule has 1 saturated heterocycles. The fourth-order valence-electron chi connectivity index (χ4n) is 1.92. The van der Waals surface area contributed by atoms with Crippen LogP contribution in [0.15, 0.2) is 11.0 Å². The van der Waals surface area contributed by atoms with Crippen molar-refractivity contribution >= 4 is 42.8 Å². The Morgan fingerprint density at radius 3 is 2.42 bits per heavy atom. The molecule has 0 saturated carbocycles. The fraction of sp³-hybridized carbons (Fsp3) is 0.600. The number of hydrogen-bond acceptors (Lipinski definition) is 5. The SMILES string of the molecule is Cc1sc(CCl)cc1S(=O)(=O)N1CCS(=O)(=O)CC1. The van der Waals surface area contributed by atoms with Crippen LogP contribution in [-0.4, -0.2) is 45.7 Å². The minimum Gasteiger partial charge on any atom is -0.229 e. The van der Waals surface area contributed by atoms with E-state index in [0.717, 1.165) is 4.88 Å². The van der Waals surface area contributed by atoms with Gasteiger partial charge in [0.05, 0.1) is 22.3 Å². The number of halogens is 1. The number of aryl methyl sites for hydroxylation is 1. The number of thiophene rings is 1. The molecule has 0 spiro atoms. The van der Waals surface area contributed by atoms with Crippen molar-refractivity contribution in [1.82, 2.24) is 4.31 Å². The molecule has 0 aliphatic carbocycles. The smallest absolute Gasteiger partial charge is 0.229 e. The highest BCUT2D eigenvalue weighted by molar-refractivity contribution is 7.92. The molecule has 2 rings (SSSR count). The summed E-state index contributed by atoms with van der Waals surface area (Å²) in [6.07, 6.45) is 0. The number of hydrogen-bond donors (Lipinski definition) is 0. The van der Waals surface area contributed by atoms with Crippen LogP contribution in [0.4, 0.5) is 0 Å². The molecule has 1 aromatic heterocycles. The molecule has 0 bridgehead atoms. The second-order valence-corrected chi connectivity index (χ2v) is 10.1. The summed E-state index contributed by atoms with van der Waals surface area (Å²) in [6, 6.07) is 1.57. The Bertz CT molecular complexity index is 664. The van der Waals surface area contributed by atoms with E-state index in [4.69, 9.17) is 11.6 Å². The van der Waals surface area contributed by atoms with Crippen LogP contribution in [0.25, 0.3) is 0 Å². The van der Waals surface area contributed by atoms with Gasteiger partial charge in [-0.3, -0.25) is 0 Å². The van der Waals surface area contributed by atoms with Gasteiger partial charge in [0, 0.05) is 22.8 Å². The zero-order valence-corrected chi connectivity index (χ0v) is 13.5. The summed E-state index contributed by atoms with van der Waals surface area (Å²) in [5.74, 6) is 0.0466. The number of nitrogens with zero attached hydrogens (tertiary/aromatic N) is 1. The monoisotopic (exact) mass is 343 g/mol. The molecule has 0 aromatic carbocycles. The maximum Gasteiger partial charge on any atom is 0.244 e. The van der Waals surface area contributed by atoms with Gasteiger partial charge in [0.1, 0.15) is 0 Å². The minimum atomic E-state index is -3.61. The van der Waals surface area contributed by atoms with E-state index in [-0.39, 0.29) is 35.4 Å². The summed E-state index contributed by atoms with van der Waals surface area (Å²) >= 11 is 7.06. The van der Waals surface area contributed by atoms with Crippen molar-refractivity contribution in [2.75, 3.05) is 24.6 Å². The predicted molar refractivity (Wildman–Crippen MR) is 76.0 cm³/mol. The van der Waals surface area contributed by atoms with Crippen molar-refractivity contribution in [3.8, 4) is 0 Å². The van der Waals surface area contributed by atoms with Gasteiger partial charge >= 0.3 is 0 Å². The molecule has 0 unspecified atom stereocenters. The highest BCUT2D eigenvalue weighted by atomic mass is 35.5. The molecule has 1 aromatic rings. The molecular formula is C10H14ClNO4S3. The molecule has 108 valence electrons. The summed E-state index contributed by atoms with van der Waals surface area (Å²) in [4.78, 5) is 1.72. The van der Waals surface area contributed by atoms with Gasteiger partial charge in [-0.1, -0.05) is 0 Å². The average Bonchev–Trinajstić information content (AvgIpc) is 2.70. The summed E-state index contributed by atoms with van der Waals surface area (Å²) in [5.41, 5.74) is 0. The first-order chi connectivity index (χ1) is 8.76. The average molecular weight is 344 g/mol. The maximum atomic E-state index is 12.4. The Morgan fingerprint density at radius 1 is 1.37 bits per heavy atom. The molecule has 0 radical (unpaired) electrons. The number of sulfonamides is 1. The van der Waals surface area contributed by atoms with Crippen molar-refractivity contribution in [3.05, 3.63) is 15.8 Å². The highest BCUT2D eigenvalue weighted by Gasteiger charge is 2.32. The largest absolute Gasteiger partial charge is 0.244 e. The van der Waals surface area contributed by atoms with Gasteiger partial charge in [-0.15, -0.1) is 22.9 Å². The lowest BCUT2D eigenvalue weighted by molar-refractivity contribution is 0.430. The van der Waals surface area contributed by atoms with Crippen molar-refractivity contribution < 1.29 is 16.8 Å². The van der Waals surface area contributed by atoms with E-state index in [9.17, 15) is 16.8 Å². The van der Waals surface area contributed by atoms with E-state index in [1.807, 2.05) is 0 Å². The molecule has 19 heavy (non-hydrogen) atoms. The fourth-order valence-corrected chi connectivity index (χ4v) is 6.49. The third-order valence-electron chi connectivity index (χ3n) is 2.98. The van der Waals surface area contributed by atoms with Crippen molar-refractivity contribution in [3.63, 3.8) is 0 Å². The second kappa shape index (κ2) is 5.33. The van der Waals surface area contributed by atoms with Gasteiger partial charge in [-0.05, 0) is 13.0 Å². The number of rotatable bonds is 3. The first-order valence-electron chi connectivity index (χ1n) is 5.62. The Labute approximate surface area is 122 Å². The van der Waals surface area contributed by atoms with Gasteiger partial charge in [0.2, 0.25) is 10.0 Å². The van der Waals surface area contributed by atoms with E-state index < -0.39 is 19.9 Å². The second-order valence-electron chi connectivity index (χ2n) is 4.32. The molecule has 2 heterocycles. The van der Waals surface area contributed by atoms with E-state index in [0.29, 0.717) is 4.88 Å². The lowest BCUT2D eigenvalue weighted by atomic mass is 10.4. The van der Waals surface area contributed by atoms with Crippen LogP contribution in [-0.2, 0) is 25.7 Å². The lowest BCUT2D eigenvalue weighted by Gasteiger charge is -2.25. The highest BCUT2D eigenvalue weighted by Crippen LogP contribution is 2.29. The van der Waals surface area contributed by atoms with Gasteiger partial charge in [0.15, 0.2) is 9.84 Å². The van der Waals surface area contributed by atoms with Crippen LogP contribution >= 0.6 is 22.9 Å². The van der Waals surface area contributed by atoms with Crippen LogP contribution < -0.4 is 0 Å². The Balaban J connectivity index is 2.30. The first-order valence-corrected chi connectivity index (χ1v) is 10.2. The number of sulfone groups is 1. The molecule has 5 nitrogen and oxygen atoms in total. The van der Waals surface area contributed by atoms with E-state index >= 15 is 0 Å². The van der Waals surface area contributed by atoms with Crippen LogP contribution in [0.1, 0.15) is 9.75 Å². The third-order valence-corrected chi connectivity index (χ3v) is 8.24. The Hall–Kier alpha value is -0.150. The molecule has 9 heteroatoms. The molecule has 1 fully saturated rings. The molecule has 1 aliphatic heterocycles. The van der Waals surface area contributed by atoms with Gasteiger partial charge < -0.3 is 0 Å². The van der Waals surface area contributed by atoms with Crippen LogP contribution in [0.5, 0.6) is 0 Å². The predicted octanol–water partition coefficient (Wildman–Crippen LogP) is 1.21. The molecular weight excluding hydrogens is 330 g/mol. The first kappa shape index (κ1) is 15.2. The van der Waals surface area contributed by atoms with Crippen LogP contribution in [0.3, 0.4) is 0 Å². The topological polar surface area (TPSA) is 71.5 Å². The molecule has 0 amide bonds. The van der Waals surface area contributed by atoms with Gasteiger partial charge in [-0.2, -0.15) is 4.31 Å². The summed E-state index contributed by atoms with van der Waals surface area (Å²) in [5, 5.41) is 0. The lowest BCUT2D eigenvalue weighted by Crippen LogP contribution is -2.43. The van der Waals surface area contributed by atoms with E-state index in [1.165, 1.54) is 15.6 Å². The normalized spacial score (nSPS) is 20.5. The summed E-state index contributed by atoms with van der Waals surface area (Å²) in [6.45, 7) is 1.78. The quantitative estimate of drug-likeness (QED) is 0.773. The van der Waals surface area contributed by atoms with E-state index in [1.54, 1.807) is 13.0 Å². The maximum absolute atomic E-state index is 12.4. The van der Waals surface area contributed by atoms with Crippen molar-refractivity contribution in [2.24, 2.45) is 0 Å². The Kier molecular flexibility index (Phi) is 4.27. The molecule has 1 aliphatic rings.